The van der Waals surface area contributed by atoms with Gasteiger partial charge in [0.25, 0.3) is 0 Å². The second-order valence-electron chi connectivity index (χ2n) is 4.83. The predicted octanol–water partition coefficient (Wildman–Crippen LogP) is 3.72. The fourth-order valence-electron chi connectivity index (χ4n) is 1.34. The number of hydrogen-bond donors (Lipinski definition) is 1. The highest BCUT2D eigenvalue weighted by atomic mass is 32.2. The Kier molecular flexibility index (Phi) is 6.60. The van der Waals surface area contributed by atoms with Gasteiger partial charge >= 0.3 is 0 Å². The molecule has 1 atom stereocenters. The first kappa shape index (κ1) is 14.5. The normalized spacial score (nSPS) is 13.0. The summed E-state index contributed by atoms with van der Waals surface area (Å²) in [7, 11) is 0. The molecule has 1 aromatic heterocycles. The van der Waals surface area contributed by atoms with Crippen LogP contribution in [0.2, 0.25) is 0 Å². The van der Waals surface area contributed by atoms with Crippen molar-refractivity contribution in [2.75, 3.05) is 5.75 Å². The lowest BCUT2D eigenvalue weighted by Crippen LogP contribution is -2.22. The van der Waals surface area contributed by atoms with Crippen LogP contribution in [0.1, 0.15) is 39.7 Å². The summed E-state index contributed by atoms with van der Waals surface area (Å²) in [5, 5.41) is 4.63. The van der Waals surface area contributed by atoms with Gasteiger partial charge < -0.3 is 5.32 Å². The number of hydrogen-bond acceptors (Lipinski definition) is 3. The van der Waals surface area contributed by atoms with Gasteiger partial charge in [0, 0.05) is 24.5 Å². The van der Waals surface area contributed by atoms with Gasteiger partial charge in [0.2, 0.25) is 0 Å². The molecule has 2 nitrogen and oxygen atoms in total. The fraction of sp³-hybridized carbons (Fsp3) is 0.643. The lowest BCUT2D eigenvalue weighted by molar-refractivity contribution is 0.582. The Morgan fingerprint density at radius 1 is 1.35 bits per heavy atom. The Labute approximate surface area is 110 Å². The van der Waals surface area contributed by atoms with Crippen molar-refractivity contribution in [3.63, 3.8) is 0 Å². The molecule has 0 bridgehead atoms. The van der Waals surface area contributed by atoms with Crippen molar-refractivity contribution in [2.24, 2.45) is 5.92 Å². The number of nitrogens with one attached hydrogen (secondary N) is 1. The van der Waals surface area contributed by atoms with Gasteiger partial charge in [-0.25, -0.2) is 4.98 Å². The number of rotatable bonds is 7. The molecule has 1 aromatic rings. The third-order valence-corrected chi connectivity index (χ3v) is 4.13. The van der Waals surface area contributed by atoms with Crippen LogP contribution in [0.3, 0.4) is 0 Å². The standard InChI is InChI=1S/C14H24N2S/c1-5-12(4)10-17-14-13(7-6-8-15-14)9-16-11(2)3/h6-8,11-12,16H,5,9-10H2,1-4H3. The molecular formula is C14H24N2S. The SMILES string of the molecule is CCC(C)CSc1ncccc1CNC(C)C. The van der Waals surface area contributed by atoms with Crippen LogP contribution in [0, 0.1) is 5.92 Å². The molecule has 96 valence electrons. The van der Waals surface area contributed by atoms with E-state index in [1.807, 2.05) is 24.0 Å². The van der Waals surface area contributed by atoms with Crippen LogP contribution < -0.4 is 5.32 Å². The zero-order chi connectivity index (χ0) is 12.7. The maximum Gasteiger partial charge on any atom is 0.100 e. The topological polar surface area (TPSA) is 24.9 Å². The molecule has 1 unspecified atom stereocenters. The predicted molar refractivity (Wildman–Crippen MR) is 76.4 cm³/mol. The summed E-state index contributed by atoms with van der Waals surface area (Å²) in [6, 6.07) is 4.70. The van der Waals surface area contributed by atoms with Crippen molar-refractivity contribution in [1.29, 1.82) is 0 Å². The van der Waals surface area contributed by atoms with E-state index in [9.17, 15) is 0 Å². The van der Waals surface area contributed by atoms with E-state index in [0.717, 1.165) is 18.2 Å². The van der Waals surface area contributed by atoms with Crippen molar-refractivity contribution >= 4 is 11.8 Å². The quantitative estimate of drug-likeness (QED) is 0.749. The zero-order valence-electron chi connectivity index (χ0n) is 11.4. The van der Waals surface area contributed by atoms with Crippen molar-refractivity contribution in [3.8, 4) is 0 Å². The molecule has 17 heavy (non-hydrogen) atoms. The van der Waals surface area contributed by atoms with Crippen LogP contribution >= 0.6 is 11.8 Å². The first-order valence-corrected chi connectivity index (χ1v) is 7.42. The van der Waals surface area contributed by atoms with Gasteiger partial charge in [-0.2, -0.15) is 0 Å². The van der Waals surface area contributed by atoms with Crippen LogP contribution in [0.4, 0.5) is 0 Å². The Bertz CT molecular complexity index is 326. The monoisotopic (exact) mass is 252 g/mol. The summed E-state index contributed by atoms with van der Waals surface area (Å²) in [4.78, 5) is 4.49. The molecule has 0 aromatic carbocycles. The van der Waals surface area contributed by atoms with Gasteiger partial charge in [-0.05, 0) is 17.5 Å². The third kappa shape index (κ3) is 5.55. The second kappa shape index (κ2) is 7.72. The van der Waals surface area contributed by atoms with Gasteiger partial charge in [0.05, 0.1) is 0 Å². The van der Waals surface area contributed by atoms with E-state index in [2.05, 4.69) is 44.1 Å². The van der Waals surface area contributed by atoms with Crippen molar-refractivity contribution in [1.82, 2.24) is 10.3 Å². The summed E-state index contributed by atoms with van der Waals surface area (Å²) in [5.41, 5.74) is 1.31. The summed E-state index contributed by atoms with van der Waals surface area (Å²) < 4.78 is 0. The molecule has 0 amide bonds. The van der Waals surface area contributed by atoms with Gasteiger partial charge in [-0.1, -0.05) is 40.2 Å². The minimum atomic E-state index is 0.516. The van der Waals surface area contributed by atoms with Crippen molar-refractivity contribution in [3.05, 3.63) is 23.9 Å². The maximum absolute atomic E-state index is 4.49. The molecule has 1 rings (SSSR count). The molecule has 1 heterocycles. The van der Waals surface area contributed by atoms with Crippen LogP contribution in [-0.4, -0.2) is 16.8 Å². The molecule has 0 spiro atoms. The van der Waals surface area contributed by atoms with Crippen LogP contribution in [0.25, 0.3) is 0 Å². The van der Waals surface area contributed by atoms with E-state index in [1.165, 1.54) is 17.0 Å². The number of thioether (sulfide) groups is 1. The summed E-state index contributed by atoms with van der Waals surface area (Å²) in [6.45, 7) is 9.78. The molecule has 0 fully saturated rings. The van der Waals surface area contributed by atoms with E-state index in [0.29, 0.717) is 6.04 Å². The molecule has 0 saturated carbocycles. The molecule has 0 aliphatic carbocycles. The van der Waals surface area contributed by atoms with Crippen LogP contribution in [0.15, 0.2) is 23.4 Å². The number of aromatic nitrogens is 1. The molecule has 3 heteroatoms. The maximum atomic E-state index is 4.49. The van der Waals surface area contributed by atoms with Gasteiger partial charge in [0.15, 0.2) is 0 Å². The molecule has 0 saturated heterocycles. The first-order chi connectivity index (χ1) is 8.13. The Balaban J connectivity index is 2.57. The van der Waals surface area contributed by atoms with E-state index in [1.54, 1.807) is 0 Å². The Hall–Kier alpha value is -0.540. The highest BCUT2D eigenvalue weighted by molar-refractivity contribution is 7.99. The van der Waals surface area contributed by atoms with E-state index in [-0.39, 0.29) is 0 Å². The van der Waals surface area contributed by atoms with Crippen LogP contribution in [0.5, 0.6) is 0 Å². The fourth-order valence-corrected chi connectivity index (χ4v) is 2.48. The number of pyridine rings is 1. The highest BCUT2D eigenvalue weighted by Gasteiger charge is 2.06. The lowest BCUT2D eigenvalue weighted by Gasteiger charge is -2.12. The van der Waals surface area contributed by atoms with Crippen LogP contribution in [-0.2, 0) is 6.54 Å². The summed E-state index contributed by atoms with van der Waals surface area (Å²) in [5.74, 6) is 1.91. The zero-order valence-corrected chi connectivity index (χ0v) is 12.2. The molecule has 1 N–H and O–H groups in total. The smallest absolute Gasteiger partial charge is 0.100 e. The average Bonchev–Trinajstić information content (AvgIpc) is 2.34. The second-order valence-corrected chi connectivity index (χ2v) is 5.84. The molecule has 0 aliphatic heterocycles. The molecule has 0 aliphatic rings. The van der Waals surface area contributed by atoms with E-state index >= 15 is 0 Å². The van der Waals surface area contributed by atoms with E-state index < -0.39 is 0 Å². The lowest BCUT2D eigenvalue weighted by atomic mass is 10.2. The Morgan fingerprint density at radius 2 is 2.12 bits per heavy atom. The summed E-state index contributed by atoms with van der Waals surface area (Å²) in [6.07, 6.45) is 3.12. The first-order valence-electron chi connectivity index (χ1n) is 6.43. The average molecular weight is 252 g/mol. The Morgan fingerprint density at radius 3 is 2.76 bits per heavy atom. The number of nitrogens with zero attached hydrogens (tertiary/aromatic N) is 1. The summed E-state index contributed by atoms with van der Waals surface area (Å²) >= 11 is 1.88. The molecule has 0 radical (unpaired) electrons. The minimum absolute atomic E-state index is 0.516. The molecular weight excluding hydrogens is 228 g/mol. The van der Waals surface area contributed by atoms with Gasteiger partial charge in [0.1, 0.15) is 5.03 Å². The minimum Gasteiger partial charge on any atom is -0.310 e. The highest BCUT2D eigenvalue weighted by Crippen LogP contribution is 2.23. The van der Waals surface area contributed by atoms with Gasteiger partial charge in [-0.15, -0.1) is 11.8 Å². The van der Waals surface area contributed by atoms with Crippen molar-refractivity contribution < 1.29 is 0 Å². The van der Waals surface area contributed by atoms with E-state index in [4.69, 9.17) is 0 Å². The third-order valence-electron chi connectivity index (χ3n) is 2.75. The van der Waals surface area contributed by atoms with Gasteiger partial charge in [-0.3, -0.25) is 0 Å². The van der Waals surface area contributed by atoms with Crippen molar-refractivity contribution in [2.45, 2.75) is 51.7 Å². The largest absolute Gasteiger partial charge is 0.310 e.